The Bertz CT molecular complexity index is 1170. The van der Waals surface area contributed by atoms with Crippen LogP contribution in [-0.4, -0.2) is 23.3 Å². The SMILES string of the molecule is Cc1ccccc1C(=O)N1CCc2cc(-c3nc(NC(=O)C(C)(C)C)sc3C)ccc21. The molecule has 0 bridgehead atoms. The predicted molar refractivity (Wildman–Crippen MR) is 127 cm³/mol. The lowest BCUT2D eigenvalue weighted by atomic mass is 9.96. The third-order valence-electron chi connectivity index (χ3n) is 5.57. The summed E-state index contributed by atoms with van der Waals surface area (Å²) >= 11 is 1.48. The van der Waals surface area contributed by atoms with E-state index in [1.165, 1.54) is 11.3 Å². The van der Waals surface area contributed by atoms with Crippen LogP contribution in [0.5, 0.6) is 0 Å². The molecule has 2 amide bonds. The highest BCUT2D eigenvalue weighted by Gasteiger charge is 2.27. The molecular formula is C25H27N3O2S. The third-order valence-corrected chi connectivity index (χ3v) is 6.45. The smallest absolute Gasteiger partial charge is 0.258 e. The number of carbonyl (C=O) groups excluding carboxylic acids is 2. The Hall–Kier alpha value is -2.99. The quantitative estimate of drug-likeness (QED) is 0.584. The molecule has 0 fully saturated rings. The zero-order valence-electron chi connectivity index (χ0n) is 18.6. The van der Waals surface area contributed by atoms with E-state index in [4.69, 9.17) is 0 Å². The summed E-state index contributed by atoms with van der Waals surface area (Å²) < 4.78 is 0. The predicted octanol–water partition coefficient (Wildman–Crippen LogP) is 5.61. The molecule has 6 heteroatoms. The molecule has 0 saturated heterocycles. The summed E-state index contributed by atoms with van der Waals surface area (Å²) in [6.07, 6.45) is 0.817. The number of anilines is 2. The Morgan fingerprint density at radius 2 is 1.84 bits per heavy atom. The molecule has 160 valence electrons. The number of hydrogen-bond donors (Lipinski definition) is 1. The Balaban J connectivity index is 1.60. The van der Waals surface area contributed by atoms with Crippen LogP contribution in [0.15, 0.2) is 42.5 Å². The first kappa shape index (κ1) is 21.2. The Morgan fingerprint density at radius 3 is 2.55 bits per heavy atom. The van der Waals surface area contributed by atoms with Crippen LogP contribution in [-0.2, 0) is 11.2 Å². The molecule has 1 N–H and O–H groups in total. The average Bonchev–Trinajstić information content (AvgIpc) is 3.29. The molecular weight excluding hydrogens is 406 g/mol. The maximum Gasteiger partial charge on any atom is 0.258 e. The summed E-state index contributed by atoms with van der Waals surface area (Å²) in [5.74, 6) is -0.00580. The zero-order chi connectivity index (χ0) is 22.3. The van der Waals surface area contributed by atoms with Gasteiger partial charge < -0.3 is 10.2 Å². The van der Waals surface area contributed by atoms with Gasteiger partial charge in [0.25, 0.3) is 5.91 Å². The van der Waals surface area contributed by atoms with Crippen molar-refractivity contribution in [1.82, 2.24) is 4.98 Å². The molecule has 3 aromatic rings. The molecule has 0 radical (unpaired) electrons. The minimum Gasteiger partial charge on any atom is -0.308 e. The van der Waals surface area contributed by atoms with Crippen LogP contribution in [0.3, 0.4) is 0 Å². The molecule has 31 heavy (non-hydrogen) atoms. The topological polar surface area (TPSA) is 62.3 Å². The maximum absolute atomic E-state index is 13.1. The van der Waals surface area contributed by atoms with Crippen LogP contribution in [0.2, 0.25) is 0 Å². The molecule has 0 spiro atoms. The van der Waals surface area contributed by atoms with Crippen molar-refractivity contribution in [3.63, 3.8) is 0 Å². The van der Waals surface area contributed by atoms with Gasteiger partial charge in [-0.15, -0.1) is 11.3 Å². The van der Waals surface area contributed by atoms with Crippen molar-refractivity contribution in [3.8, 4) is 11.3 Å². The van der Waals surface area contributed by atoms with Crippen molar-refractivity contribution >= 4 is 34.0 Å². The Labute approximate surface area is 187 Å². The van der Waals surface area contributed by atoms with Crippen molar-refractivity contribution in [1.29, 1.82) is 0 Å². The lowest BCUT2D eigenvalue weighted by Gasteiger charge is -2.18. The second-order valence-electron chi connectivity index (χ2n) is 8.99. The Morgan fingerprint density at radius 1 is 1.10 bits per heavy atom. The number of rotatable bonds is 3. The molecule has 0 unspecified atom stereocenters. The molecule has 0 saturated carbocycles. The average molecular weight is 434 g/mol. The van der Waals surface area contributed by atoms with Crippen LogP contribution >= 0.6 is 11.3 Å². The monoisotopic (exact) mass is 433 g/mol. The van der Waals surface area contributed by atoms with E-state index in [9.17, 15) is 9.59 Å². The van der Waals surface area contributed by atoms with Crippen molar-refractivity contribution in [2.75, 3.05) is 16.8 Å². The summed E-state index contributed by atoms with van der Waals surface area (Å²) in [6.45, 7) is 10.3. The van der Waals surface area contributed by atoms with Gasteiger partial charge in [0.15, 0.2) is 5.13 Å². The van der Waals surface area contributed by atoms with Crippen LogP contribution in [0.4, 0.5) is 10.8 Å². The molecule has 0 atom stereocenters. The molecule has 5 nitrogen and oxygen atoms in total. The second-order valence-corrected chi connectivity index (χ2v) is 10.2. The van der Waals surface area contributed by atoms with Crippen LogP contribution in [0.25, 0.3) is 11.3 Å². The number of aromatic nitrogens is 1. The van der Waals surface area contributed by atoms with Gasteiger partial charge in [0.1, 0.15) is 0 Å². The molecule has 1 aliphatic heterocycles. The molecule has 1 aromatic heterocycles. The van der Waals surface area contributed by atoms with Crippen molar-refractivity contribution in [2.45, 2.75) is 41.0 Å². The van der Waals surface area contributed by atoms with E-state index < -0.39 is 5.41 Å². The number of aryl methyl sites for hydroxylation is 2. The minimum absolute atomic E-state index is 0.0432. The van der Waals surface area contributed by atoms with Gasteiger partial charge in [-0.25, -0.2) is 4.98 Å². The number of nitrogens with one attached hydrogen (secondary N) is 1. The van der Waals surface area contributed by atoms with Crippen LogP contribution in [0.1, 0.15) is 47.1 Å². The van der Waals surface area contributed by atoms with Gasteiger partial charge in [-0.3, -0.25) is 9.59 Å². The first-order valence-electron chi connectivity index (χ1n) is 10.4. The van der Waals surface area contributed by atoms with Gasteiger partial charge >= 0.3 is 0 Å². The molecule has 0 aliphatic carbocycles. The standard InChI is InChI=1S/C25H27N3O2S/c1-15-8-6-7-9-19(15)22(29)28-13-12-17-14-18(10-11-20(17)28)21-16(2)31-24(26-21)27-23(30)25(3,4)5/h6-11,14H,12-13H2,1-5H3,(H,26,27,30). The first-order valence-corrected chi connectivity index (χ1v) is 11.3. The summed E-state index contributed by atoms with van der Waals surface area (Å²) in [5, 5.41) is 3.54. The number of fused-ring (bicyclic) bond motifs is 1. The fourth-order valence-electron chi connectivity index (χ4n) is 3.72. The first-order chi connectivity index (χ1) is 14.6. The van der Waals surface area contributed by atoms with Crippen molar-refractivity contribution in [2.24, 2.45) is 5.41 Å². The number of benzene rings is 2. The zero-order valence-corrected chi connectivity index (χ0v) is 19.4. The van der Waals surface area contributed by atoms with Crippen LogP contribution in [0, 0.1) is 19.3 Å². The number of amides is 2. The highest BCUT2D eigenvalue weighted by molar-refractivity contribution is 7.16. The largest absolute Gasteiger partial charge is 0.308 e. The summed E-state index contributed by atoms with van der Waals surface area (Å²) in [7, 11) is 0. The lowest BCUT2D eigenvalue weighted by Crippen LogP contribution is -2.29. The van der Waals surface area contributed by atoms with Crippen molar-refractivity contribution in [3.05, 3.63) is 64.0 Å². The van der Waals surface area contributed by atoms with Gasteiger partial charge in [-0.1, -0.05) is 45.0 Å². The van der Waals surface area contributed by atoms with Gasteiger partial charge in [-0.2, -0.15) is 0 Å². The number of hydrogen-bond acceptors (Lipinski definition) is 4. The molecule has 2 aromatic carbocycles. The van der Waals surface area contributed by atoms with E-state index in [2.05, 4.69) is 16.4 Å². The number of carbonyl (C=O) groups is 2. The second kappa shape index (κ2) is 7.93. The Kier molecular flexibility index (Phi) is 5.43. The number of thiazole rings is 1. The molecule has 1 aliphatic rings. The minimum atomic E-state index is -0.472. The summed E-state index contributed by atoms with van der Waals surface area (Å²) in [5.41, 5.74) is 5.25. The highest BCUT2D eigenvalue weighted by Crippen LogP contribution is 2.36. The third kappa shape index (κ3) is 4.12. The summed E-state index contributed by atoms with van der Waals surface area (Å²) in [6, 6.07) is 13.9. The summed E-state index contributed by atoms with van der Waals surface area (Å²) in [4.78, 5) is 33.0. The van der Waals surface area contributed by atoms with E-state index in [0.29, 0.717) is 11.7 Å². The fourth-order valence-corrected chi connectivity index (χ4v) is 4.55. The molecule has 2 heterocycles. The lowest BCUT2D eigenvalue weighted by molar-refractivity contribution is -0.123. The van der Waals surface area contributed by atoms with E-state index in [1.807, 2.05) is 75.9 Å². The van der Waals surface area contributed by atoms with Gasteiger partial charge in [0.05, 0.1) is 5.69 Å². The van der Waals surface area contributed by atoms with Crippen LogP contribution < -0.4 is 10.2 Å². The van der Waals surface area contributed by atoms with E-state index in [0.717, 1.165) is 44.9 Å². The number of nitrogens with zero attached hydrogens (tertiary/aromatic N) is 2. The highest BCUT2D eigenvalue weighted by atomic mass is 32.1. The van der Waals surface area contributed by atoms with E-state index in [1.54, 1.807) is 0 Å². The molecule has 4 rings (SSSR count). The van der Waals surface area contributed by atoms with Gasteiger partial charge in [-0.05, 0) is 49.6 Å². The maximum atomic E-state index is 13.1. The van der Waals surface area contributed by atoms with E-state index in [-0.39, 0.29) is 11.8 Å². The van der Waals surface area contributed by atoms with E-state index >= 15 is 0 Å². The van der Waals surface area contributed by atoms with Gasteiger partial charge in [0, 0.05) is 33.7 Å². The normalized spacial score (nSPS) is 13.3. The fraction of sp³-hybridized carbons (Fsp3) is 0.320. The van der Waals surface area contributed by atoms with Gasteiger partial charge in [0.2, 0.25) is 5.91 Å². The van der Waals surface area contributed by atoms with Crippen molar-refractivity contribution < 1.29 is 9.59 Å².